The fraction of sp³-hybridized carbons (Fsp3) is 0.600. The Kier molecular flexibility index (Phi) is 3.84. The Balaban J connectivity index is 2.82. The molecule has 0 aromatic heterocycles. The number of carbonyl (C=O) groups is 1. The van der Waals surface area contributed by atoms with Crippen LogP contribution in [0.15, 0.2) is 0 Å². The van der Waals surface area contributed by atoms with E-state index in [9.17, 15) is 9.90 Å². The van der Waals surface area contributed by atoms with Crippen LogP contribution in [-0.4, -0.2) is 12.8 Å². The third kappa shape index (κ3) is 5.14. The van der Waals surface area contributed by atoms with Gasteiger partial charge in [0.1, 0.15) is 0 Å². The van der Waals surface area contributed by atoms with Crippen molar-refractivity contribution in [2.45, 2.75) is 12.8 Å². The predicted molar refractivity (Wildman–Crippen MR) is 25.9 cm³/mol. The van der Waals surface area contributed by atoms with Crippen molar-refractivity contribution in [3.05, 3.63) is 6.92 Å². The minimum absolute atomic E-state index is 0.200. The summed E-state index contributed by atoms with van der Waals surface area (Å²) in [5.74, 6) is 0. The number of ether oxygens (including phenoxy) is 1. The topological polar surface area (TPSA) is 49.4 Å². The average molecular weight is 116 g/mol. The monoisotopic (exact) mass is 116 g/mol. The van der Waals surface area contributed by atoms with Gasteiger partial charge in [-0.15, -0.1) is 0 Å². The van der Waals surface area contributed by atoms with Crippen LogP contribution in [0.25, 0.3) is 0 Å². The highest BCUT2D eigenvalue weighted by atomic mass is 16.7. The van der Waals surface area contributed by atoms with E-state index in [2.05, 4.69) is 11.7 Å². The third-order valence-electron chi connectivity index (χ3n) is 0.614. The number of carbonyl (C=O) groups excluding carboxylic acids is 1. The smallest absolute Gasteiger partial charge is 0.251 e. The van der Waals surface area contributed by atoms with Crippen LogP contribution in [0.3, 0.4) is 0 Å². The first kappa shape index (κ1) is 7.14. The van der Waals surface area contributed by atoms with E-state index in [0.29, 0.717) is 12.8 Å². The standard InChI is InChI=1S/C5H8O3/c1-2-3-4-8-5(6)7/h1-4H2. The van der Waals surface area contributed by atoms with Gasteiger partial charge < -0.3 is 14.6 Å². The molecule has 0 aromatic carbocycles. The zero-order chi connectivity index (χ0) is 6.41. The molecule has 0 aromatic rings. The molecule has 0 aliphatic carbocycles. The number of carboxylic acid groups (broad SMARTS) is 1. The van der Waals surface area contributed by atoms with Crippen molar-refractivity contribution in [1.29, 1.82) is 0 Å². The maximum absolute atomic E-state index is 9.52. The van der Waals surface area contributed by atoms with Crippen LogP contribution in [0.5, 0.6) is 0 Å². The SMILES string of the molecule is [CH2+]CCCOC(=O)[O-]. The molecule has 3 nitrogen and oxygen atoms in total. The van der Waals surface area contributed by atoms with Gasteiger partial charge in [-0.3, -0.25) is 0 Å². The minimum Gasteiger partial charge on any atom is -0.549 e. The maximum Gasteiger partial charge on any atom is 0.251 e. The van der Waals surface area contributed by atoms with Crippen molar-refractivity contribution in [1.82, 2.24) is 0 Å². The van der Waals surface area contributed by atoms with Gasteiger partial charge in [0.25, 0.3) is 6.16 Å². The van der Waals surface area contributed by atoms with Gasteiger partial charge in [-0.25, -0.2) is 0 Å². The summed E-state index contributed by atoms with van der Waals surface area (Å²) in [6, 6.07) is 0. The van der Waals surface area contributed by atoms with Gasteiger partial charge in [-0.1, -0.05) is 0 Å². The summed E-state index contributed by atoms with van der Waals surface area (Å²) in [6.07, 6.45) is -0.111. The van der Waals surface area contributed by atoms with E-state index in [4.69, 9.17) is 0 Å². The fourth-order valence-electron chi connectivity index (χ4n) is 0.258. The summed E-state index contributed by atoms with van der Waals surface area (Å²) in [4.78, 5) is 9.52. The lowest BCUT2D eigenvalue weighted by atomic mass is 10.4. The summed E-state index contributed by atoms with van der Waals surface area (Å²) in [5.41, 5.74) is 0. The molecule has 0 aliphatic rings. The molecule has 0 heterocycles. The van der Waals surface area contributed by atoms with Crippen molar-refractivity contribution in [3.63, 3.8) is 0 Å². The van der Waals surface area contributed by atoms with Crippen molar-refractivity contribution in [2.24, 2.45) is 0 Å². The van der Waals surface area contributed by atoms with Crippen LogP contribution in [0.1, 0.15) is 12.8 Å². The molecule has 0 spiro atoms. The lowest BCUT2D eigenvalue weighted by Crippen LogP contribution is -2.23. The Morgan fingerprint density at radius 1 is 1.75 bits per heavy atom. The van der Waals surface area contributed by atoms with Crippen LogP contribution >= 0.6 is 0 Å². The molecule has 0 N–H and O–H groups in total. The van der Waals surface area contributed by atoms with Crippen molar-refractivity contribution < 1.29 is 14.6 Å². The Bertz CT molecular complexity index is 70.1. The Morgan fingerprint density at radius 3 is 2.75 bits per heavy atom. The van der Waals surface area contributed by atoms with E-state index >= 15 is 0 Å². The largest absolute Gasteiger partial charge is 0.549 e. The Morgan fingerprint density at radius 2 is 2.38 bits per heavy atom. The molecule has 0 unspecified atom stereocenters. The first-order valence-electron chi connectivity index (χ1n) is 2.40. The summed E-state index contributed by atoms with van der Waals surface area (Å²) < 4.78 is 4.05. The van der Waals surface area contributed by atoms with Gasteiger partial charge in [0.2, 0.25) is 0 Å². The van der Waals surface area contributed by atoms with Crippen LogP contribution in [0, 0.1) is 6.92 Å². The van der Waals surface area contributed by atoms with Crippen LogP contribution in [-0.2, 0) is 4.74 Å². The van der Waals surface area contributed by atoms with E-state index in [1.807, 2.05) is 0 Å². The second kappa shape index (κ2) is 4.30. The molecule has 0 radical (unpaired) electrons. The molecule has 0 bridgehead atoms. The first-order valence-corrected chi connectivity index (χ1v) is 2.40. The summed E-state index contributed by atoms with van der Waals surface area (Å²) in [7, 11) is 0. The first-order chi connectivity index (χ1) is 3.77. The highest BCUT2D eigenvalue weighted by Gasteiger charge is 1.84. The van der Waals surface area contributed by atoms with E-state index in [1.165, 1.54) is 0 Å². The van der Waals surface area contributed by atoms with Crippen molar-refractivity contribution in [2.75, 3.05) is 6.61 Å². The number of rotatable bonds is 3. The summed E-state index contributed by atoms with van der Waals surface area (Å²) in [5, 5.41) is 9.52. The molecular weight excluding hydrogens is 108 g/mol. The fourth-order valence-corrected chi connectivity index (χ4v) is 0.258. The van der Waals surface area contributed by atoms with Crippen molar-refractivity contribution in [3.8, 4) is 0 Å². The van der Waals surface area contributed by atoms with E-state index in [-0.39, 0.29) is 6.61 Å². The summed E-state index contributed by atoms with van der Waals surface area (Å²) >= 11 is 0. The molecule has 0 rings (SSSR count). The quantitative estimate of drug-likeness (QED) is 0.295. The second-order valence-electron chi connectivity index (χ2n) is 1.31. The highest BCUT2D eigenvalue weighted by Crippen LogP contribution is 1.85. The lowest BCUT2D eigenvalue weighted by Gasteiger charge is -2.03. The lowest BCUT2D eigenvalue weighted by molar-refractivity contribution is -0.282. The van der Waals surface area contributed by atoms with E-state index in [0.717, 1.165) is 0 Å². The van der Waals surface area contributed by atoms with Gasteiger partial charge in [-0.2, -0.15) is 0 Å². The predicted octanol–water partition coefficient (Wildman–Crippen LogP) is -0.0394. The van der Waals surface area contributed by atoms with Gasteiger partial charge in [0.15, 0.2) is 0 Å². The molecule has 0 saturated heterocycles. The molecule has 3 heteroatoms. The second-order valence-corrected chi connectivity index (χ2v) is 1.31. The average Bonchev–Trinajstić information content (AvgIpc) is 1.66. The van der Waals surface area contributed by atoms with Gasteiger partial charge in [0, 0.05) is 13.0 Å². The van der Waals surface area contributed by atoms with Crippen LogP contribution in [0.2, 0.25) is 0 Å². The molecule has 0 saturated carbocycles. The highest BCUT2D eigenvalue weighted by molar-refractivity contribution is 5.53. The van der Waals surface area contributed by atoms with E-state index < -0.39 is 6.16 Å². The van der Waals surface area contributed by atoms with Crippen LogP contribution in [0.4, 0.5) is 4.79 Å². The minimum atomic E-state index is -1.46. The molecule has 0 atom stereocenters. The van der Waals surface area contributed by atoms with E-state index in [1.54, 1.807) is 0 Å². The Hall–Kier alpha value is -0.860. The summed E-state index contributed by atoms with van der Waals surface area (Å²) in [6.45, 7) is 3.69. The zero-order valence-electron chi connectivity index (χ0n) is 4.55. The van der Waals surface area contributed by atoms with Gasteiger partial charge in [0.05, 0.1) is 13.3 Å². The molecule has 0 fully saturated rings. The maximum atomic E-state index is 9.52. The Labute approximate surface area is 48.3 Å². The zero-order valence-corrected chi connectivity index (χ0v) is 4.55. The molecular formula is C5H8O3. The normalized spacial score (nSPS) is 8.50. The van der Waals surface area contributed by atoms with Crippen LogP contribution < -0.4 is 5.11 Å². The third-order valence-corrected chi connectivity index (χ3v) is 0.614. The van der Waals surface area contributed by atoms with Crippen molar-refractivity contribution >= 4 is 6.16 Å². The number of unbranched alkanes of at least 4 members (excludes halogenated alkanes) is 1. The van der Waals surface area contributed by atoms with Gasteiger partial charge in [-0.05, 0) is 0 Å². The number of hydrogen-bond acceptors (Lipinski definition) is 3. The molecule has 46 valence electrons. The number of hydrogen-bond donors (Lipinski definition) is 0. The van der Waals surface area contributed by atoms with Gasteiger partial charge >= 0.3 is 0 Å². The molecule has 0 amide bonds. The molecule has 0 aliphatic heterocycles. The molecule has 8 heavy (non-hydrogen) atoms.